The van der Waals surface area contributed by atoms with Crippen molar-refractivity contribution in [3.63, 3.8) is 0 Å². The highest BCUT2D eigenvalue weighted by Crippen LogP contribution is 2.06. The van der Waals surface area contributed by atoms with E-state index in [4.69, 9.17) is 4.42 Å². The molecule has 5 nitrogen and oxygen atoms in total. The zero-order valence-corrected chi connectivity index (χ0v) is 9.86. The van der Waals surface area contributed by atoms with Crippen LogP contribution >= 0.6 is 0 Å². The van der Waals surface area contributed by atoms with Gasteiger partial charge in [0.1, 0.15) is 5.76 Å². The minimum atomic E-state index is -0.115. The van der Waals surface area contributed by atoms with Gasteiger partial charge in [0.25, 0.3) is 5.91 Å². The van der Waals surface area contributed by atoms with Gasteiger partial charge >= 0.3 is 0 Å². The summed E-state index contributed by atoms with van der Waals surface area (Å²) in [5, 5.41) is 9.46. The van der Waals surface area contributed by atoms with Gasteiger partial charge in [-0.1, -0.05) is 0 Å². The lowest BCUT2D eigenvalue weighted by Gasteiger charge is -2.11. The summed E-state index contributed by atoms with van der Waals surface area (Å²) in [5.74, 6) is 0.747. The second-order valence-electron chi connectivity index (χ2n) is 4.07. The van der Waals surface area contributed by atoms with Crippen LogP contribution < -0.4 is 5.32 Å². The van der Waals surface area contributed by atoms with E-state index < -0.39 is 0 Å². The Kier molecular flexibility index (Phi) is 3.27. The number of nitrogens with zero attached hydrogens (tertiary/aromatic N) is 1. The van der Waals surface area contributed by atoms with Crippen molar-refractivity contribution in [3.05, 3.63) is 41.6 Å². The minimum Gasteiger partial charge on any atom is -0.469 e. The number of aryl methyl sites for hydroxylation is 1. The maximum Gasteiger partial charge on any atom is 0.254 e. The largest absolute Gasteiger partial charge is 0.469 e. The van der Waals surface area contributed by atoms with Gasteiger partial charge < -0.3 is 9.73 Å². The molecular weight excluding hydrogens is 218 g/mol. The van der Waals surface area contributed by atoms with E-state index in [0.29, 0.717) is 12.0 Å². The summed E-state index contributed by atoms with van der Waals surface area (Å²) < 4.78 is 5.23. The van der Waals surface area contributed by atoms with Crippen molar-refractivity contribution in [1.82, 2.24) is 15.5 Å². The summed E-state index contributed by atoms with van der Waals surface area (Å²) in [6.07, 6.45) is 3.84. The molecule has 1 atom stereocenters. The van der Waals surface area contributed by atoms with Crippen LogP contribution in [0.3, 0.4) is 0 Å². The number of H-pyrrole nitrogens is 1. The lowest BCUT2D eigenvalue weighted by Crippen LogP contribution is -2.34. The summed E-state index contributed by atoms with van der Waals surface area (Å²) in [6.45, 7) is 3.76. The SMILES string of the molecule is Cc1[nH]ncc1C(=O)NC(C)Cc1ccco1. The molecular formula is C12H15N3O2. The van der Waals surface area contributed by atoms with Crippen LogP contribution in [0, 0.1) is 6.92 Å². The molecule has 0 aromatic carbocycles. The monoisotopic (exact) mass is 233 g/mol. The zero-order chi connectivity index (χ0) is 12.3. The van der Waals surface area contributed by atoms with Crippen LogP contribution in [0.4, 0.5) is 0 Å². The van der Waals surface area contributed by atoms with Gasteiger partial charge in [-0.15, -0.1) is 0 Å². The Morgan fingerprint density at radius 3 is 3.06 bits per heavy atom. The first-order valence-corrected chi connectivity index (χ1v) is 5.50. The molecule has 2 N–H and O–H groups in total. The Morgan fingerprint density at radius 1 is 1.65 bits per heavy atom. The van der Waals surface area contributed by atoms with Gasteiger partial charge in [-0.25, -0.2) is 0 Å². The number of hydrogen-bond donors (Lipinski definition) is 2. The van der Waals surface area contributed by atoms with Gasteiger partial charge in [0.2, 0.25) is 0 Å². The molecule has 2 aromatic rings. The second-order valence-corrected chi connectivity index (χ2v) is 4.07. The first-order valence-electron chi connectivity index (χ1n) is 5.50. The summed E-state index contributed by atoms with van der Waals surface area (Å²) >= 11 is 0. The Bertz CT molecular complexity index is 488. The van der Waals surface area contributed by atoms with Crippen LogP contribution in [0.5, 0.6) is 0 Å². The van der Waals surface area contributed by atoms with Gasteiger partial charge in [0, 0.05) is 18.2 Å². The highest BCUT2D eigenvalue weighted by atomic mass is 16.3. The third-order valence-corrected chi connectivity index (χ3v) is 2.54. The average molecular weight is 233 g/mol. The number of rotatable bonds is 4. The fraction of sp³-hybridized carbons (Fsp3) is 0.333. The highest BCUT2D eigenvalue weighted by Gasteiger charge is 2.14. The molecule has 0 saturated heterocycles. The first kappa shape index (κ1) is 11.4. The molecule has 0 bridgehead atoms. The Labute approximate surface area is 99.2 Å². The predicted octanol–water partition coefficient (Wildman–Crippen LogP) is 1.67. The summed E-state index contributed by atoms with van der Waals surface area (Å²) in [5.41, 5.74) is 1.35. The molecule has 0 fully saturated rings. The molecule has 0 aliphatic heterocycles. The molecule has 1 unspecified atom stereocenters. The number of aromatic amines is 1. The quantitative estimate of drug-likeness (QED) is 0.843. The number of nitrogens with one attached hydrogen (secondary N) is 2. The molecule has 0 saturated carbocycles. The smallest absolute Gasteiger partial charge is 0.254 e. The lowest BCUT2D eigenvalue weighted by molar-refractivity contribution is 0.0938. The van der Waals surface area contributed by atoms with Gasteiger partial charge in [-0.3, -0.25) is 9.89 Å². The molecule has 0 radical (unpaired) electrons. The van der Waals surface area contributed by atoms with Crippen molar-refractivity contribution in [2.45, 2.75) is 26.3 Å². The van der Waals surface area contributed by atoms with Crippen molar-refractivity contribution in [3.8, 4) is 0 Å². The lowest BCUT2D eigenvalue weighted by atomic mass is 10.1. The number of furan rings is 1. The zero-order valence-electron chi connectivity index (χ0n) is 9.86. The van der Waals surface area contributed by atoms with E-state index in [1.807, 2.05) is 26.0 Å². The fourth-order valence-corrected chi connectivity index (χ4v) is 1.66. The second kappa shape index (κ2) is 4.86. The van der Waals surface area contributed by atoms with Crippen LogP contribution in [0.1, 0.15) is 28.7 Å². The summed E-state index contributed by atoms with van der Waals surface area (Å²) in [4.78, 5) is 11.9. The summed E-state index contributed by atoms with van der Waals surface area (Å²) in [7, 11) is 0. The van der Waals surface area contributed by atoms with E-state index in [2.05, 4.69) is 15.5 Å². The van der Waals surface area contributed by atoms with E-state index >= 15 is 0 Å². The molecule has 17 heavy (non-hydrogen) atoms. The van der Waals surface area contributed by atoms with E-state index in [1.165, 1.54) is 6.20 Å². The van der Waals surface area contributed by atoms with Crippen LogP contribution in [0.15, 0.2) is 29.0 Å². The molecule has 2 aromatic heterocycles. The van der Waals surface area contributed by atoms with E-state index in [1.54, 1.807) is 6.26 Å². The molecule has 0 aliphatic carbocycles. The summed E-state index contributed by atoms with van der Waals surface area (Å²) in [6, 6.07) is 3.75. The first-order chi connectivity index (χ1) is 8.16. The van der Waals surface area contributed by atoms with Crippen molar-refractivity contribution in [1.29, 1.82) is 0 Å². The maximum absolute atomic E-state index is 11.9. The molecule has 90 valence electrons. The molecule has 0 aliphatic rings. The van der Waals surface area contributed by atoms with Crippen LogP contribution in [0.25, 0.3) is 0 Å². The van der Waals surface area contributed by atoms with Gasteiger partial charge in [0.15, 0.2) is 0 Å². The molecule has 2 heterocycles. The van der Waals surface area contributed by atoms with Gasteiger partial charge in [-0.2, -0.15) is 5.10 Å². The van der Waals surface area contributed by atoms with Crippen LogP contribution in [-0.2, 0) is 6.42 Å². The third-order valence-electron chi connectivity index (χ3n) is 2.54. The van der Waals surface area contributed by atoms with Crippen LogP contribution in [-0.4, -0.2) is 22.1 Å². The molecule has 2 rings (SSSR count). The highest BCUT2D eigenvalue weighted by molar-refractivity contribution is 5.95. The Hall–Kier alpha value is -2.04. The topological polar surface area (TPSA) is 70.9 Å². The minimum absolute atomic E-state index is 0.0166. The fourth-order valence-electron chi connectivity index (χ4n) is 1.66. The van der Waals surface area contributed by atoms with E-state index in [-0.39, 0.29) is 11.9 Å². The molecule has 0 spiro atoms. The normalized spacial score (nSPS) is 12.4. The average Bonchev–Trinajstić information content (AvgIpc) is 2.88. The number of hydrogen-bond acceptors (Lipinski definition) is 3. The standard InChI is InChI=1S/C12H15N3O2/c1-8(6-10-4-3-5-17-10)14-12(16)11-7-13-15-9(11)2/h3-5,7-8H,6H2,1-2H3,(H,13,15)(H,14,16). The third kappa shape index (κ3) is 2.75. The van der Waals surface area contributed by atoms with Gasteiger partial charge in [-0.05, 0) is 26.0 Å². The Morgan fingerprint density at radius 2 is 2.47 bits per heavy atom. The number of amides is 1. The van der Waals surface area contributed by atoms with Crippen molar-refractivity contribution < 1.29 is 9.21 Å². The van der Waals surface area contributed by atoms with Gasteiger partial charge in [0.05, 0.1) is 18.0 Å². The number of carbonyl (C=O) groups excluding carboxylic acids is 1. The van der Waals surface area contributed by atoms with Crippen LogP contribution in [0.2, 0.25) is 0 Å². The number of carbonyl (C=O) groups is 1. The number of aromatic nitrogens is 2. The van der Waals surface area contributed by atoms with E-state index in [0.717, 1.165) is 11.5 Å². The Balaban J connectivity index is 1.93. The maximum atomic E-state index is 11.9. The molecule has 1 amide bonds. The molecule has 5 heteroatoms. The predicted molar refractivity (Wildman–Crippen MR) is 62.7 cm³/mol. The van der Waals surface area contributed by atoms with Crippen molar-refractivity contribution in [2.75, 3.05) is 0 Å². The van der Waals surface area contributed by atoms with E-state index in [9.17, 15) is 4.79 Å². The van der Waals surface area contributed by atoms with Crippen molar-refractivity contribution in [2.24, 2.45) is 0 Å². The van der Waals surface area contributed by atoms with Crippen molar-refractivity contribution >= 4 is 5.91 Å².